The molecule has 0 fully saturated rings. The number of benzene rings is 2. The molecule has 0 atom stereocenters. The molecule has 0 radical (unpaired) electrons. The van der Waals surface area contributed by atoms with Gasteiger partial charge in [0.1, 0.15) is 12.4 Å². The van der Waals surface area contributed by atoms with Crippen LogP contribution in [0.1, 0.15) is 23.6 Å². The van der Waals surface area contributed by atoms with Gasteiger partial charge in [0.15, 0.2) is 0 Å². The average Bonchev–Trinajstić information content (AvgIpc) is 2.52. The lowest BCUT2D eigenvalue weighted by Gasteiger charge is -2.07. The fourth-order valence-electron chi connectivity index (χ4n) is 2.06. The Balaban J connectivity index is 1.91. The largest absolute Gasteiger partial charge is 0.489 e. The predicted octanol–water partition coefficient (Wildman–Crippen LogP) is 5.21. The van der Waals surface area contributed by atoms with Crippen molar-refractivity contribution in [2.75, 3.05) is 6.61 Å². The van der Waals surface area contributed by atoms with Crippen LogP contribution in [-0.2, 0) is 6.42 Å². The van der Waals surface area contributed by atoms with E-state index in [1.54, 1.807) is 0 Å². The monoisotopic (exact) mass is 278 g/mol. The molecule has 0 aliphatic heterocycles. The SMILES string of the molecule is C=C(/C=C\c1ccccc1C)COc1cccc(CC)c1. The third-order valence-corrected chi connectivity index (χ3v) is 3.42. The van der Waals surface area contributed by atoms with E-state index in [1.165, 1.54) is 16.7 Å². The number of rotatable bonds is 6. The van der Waals surface area contributed by atoms with Crippen LogP contribution in [0, 0.1) is 6.92 Å². The molecule has 0 aliphatic rings. The highest BCUT2D eigenvalue weighted by molar-refractivity contribution is 5.56. The number of hydrogen-bond donors (Lipinski definition) is 0. The van der Waals surface area contributed by atoms with Gasteiger partial charge in [0.2, 0.25) is 0 Å². The molecule has 0 saturated carbocycles. The standard InChI is InChI=1S/C20H22O/c1-4-18-9-7-11-20(14-18)21-15-16(2)12-13-19-10-6-5-8-17(19)3/h5-14H,2,4,15H2,1,3H3/b13-12-. The molecule has 0 N–H and O–H groups in total. The number of ether oxygens (including phenoxy) is 1. The molecule has 2 aromatic rings. The molecule has 0 aromatic heterocycles. The minimum absolute atomic E-state index is 0.509. The van der Waals surface area contributed by atoms with Crippen LogP contribution in [0.15, 0.2) is 66.8 Å². The third kappa shape index (κ3) is 4.64. The topological polar surface area (TPSA) is 9.23 Å². The summed E-state index contributed by atoms with van der Waals surface area (Å²) in [6, 6.07) is 16.5. The van der Waals surface area contributed by atoms with Gasteiger partial charge in [0.05, 0.1) is 0 Å². The Morgan fingerprint density at radius 1 is 1.14 bits per heavy atom. The Kier molecular flexibility index (Phi) is 5.39. The zero-order valence-electron chi connectivity index (χ0n) is 12.8. The van der Waals surface area contributed by atoms with Crippen molar-refractivity contribution >= 4 is 6.08 Å². The molecule has 0 aliphatic carbocycles. The van der Waals surface area contributed by atoms with E-state index >= 15 is 0 Å². The van der Waals surface area contributed by atoms with Gasteiger partial charge in [0, 0.05) is 0 Å². The van der Waals surface area contributed by atoms with Crippen LogP contribution in [0.5, 0.6) is 5.75 Å². The van der Waals surface area contributed by atoms with Crippen molar-refractivity contribution in [3.8, 4) is 5.75 Å². The average molecular weight is 278 g/mol. The fourth-order valence-corrected chi connectivity index (χ4v) is 2.06. The number of hydrogen-bond acceptors (Lipinski definition) is 1. The molecule has 1 heteroatoms. The summed E-state index contributed by atoms with van der Waals surface area (Å²) in [5.41, 5.74) is 4.72. The molecule has 0 bridgehead atoms. The Morgan fingerprint density at radius 2 is 1.95 bits per heavy atom. The van der Waals surface area contributed by atoms with Gasteiger partial charge in [-0.05, 0) is 47.7 Å². The third-order valence-electron chi connectivity index (χ3n) is 3.42. The Hall–Kier alpha value is -2.28. The first kappa shape index (κ1) is 15.1. The first-order valence-corrected chi connectivity index (χ1v) is 7.32. The summed E-state index contributed by atoms with van der Waals surface area (Å²) < 4.78 is 5.78. The molecular weight excluding hydrogens is 256 g/mol. The lowest BCUT2D eigenvalue weighted by atomic mass is 10.1. The summed E-state index contributed by atoms with van der Waals surface area (Å²) in [6.07, 6.45) is 5.13. The lowest BCUT2D eigenvalue weighted by molar-refractivity contribution is 0.356. The van der Waals surface area contributed by atoms with E-state index in [9.17, 15) is 0 Å². The molecule has 0 heterocycles. The molecular formula is C20H22O. The van der Waals surface area contributed by atoms with Crippen molar-refractivity contribution in [2.45, 2.75) is 20.3 Å². The summed E-state index contributed by atoms with van der Waals surface area (Å²) >= 11 is 0. The lowest BCUT2D eigenvalue weighted by Crippen LogP contribution is -1.98. The molecule has 21 heavy (non-hydrogen) atoms. The van der Waals surface area contributed by atoms with E-state index in [1.807, 2.05) is 30.3 Å². The van der Waals surface area contributed by atoms with Crippen molar-refractivity contribution in [2.24, 2.45) is 0 Å². The van der Waals surface area contributed by atoms with Gasteiger partial charge in [-0.3, -0.25) is 0 Å². The van der Waals surface area contributed by atoms with Crippen LogP contribution in [0.2, 0.25) is 0 Å². The summed E-state index contributed by atoms with van der Waals surface area (Å²) in [7, 11) is 0. The minimum Gasteiger partial charge on any atom is -0.489 e. The first-order chi connectivity index (χ1) is 10.2. The van der Waals surface area contributed by atoms with E-state index in [2.05, 4.69) is 50.8 Å². The molecule has 1 nitrogen and oxygen atoms in total. The molecule has 108 valence electrons. The van der Waals surface area contributed by atoms with E-state index in [4.69, 9.17) is 4.74 Å². The van der Waals surface area contributed by atoms with Crippen LogP contribution in [0.4, 0.5) is 0 Å². The van der Waals surface area contributed by atoms with Gasteiger partial charge in [-0.15, -0.1) is 0 Å². The van der Waals surface area contributed by atoms with Gasteiger partial charge in [-0.1, -0.05) is 62.1 Å². The highest BCUT2D eigenvalue weighted by Crippen LogP contribution is 2.15. The maximum atomic E-state index is 5.78. The maximum absolute atomic E-state index is 5.78. The smallest absolute Gasteiger partial charge is 0.120 e. The predicted molar refractivity (Wildman–Crippen MR) is 90.7 cm³/mol. The molecule has 0 unspecified atom stereocenters. The Labute approximate surface area is 127 Å². The quantitative estimate of drug-likeness (QED) is 0.659. The fraction of sp³-hybridized carbons (Fsp3) is 0.200. The van der Waals surface area contributed by atoms with Crippen LogP contribution < -0.4 is 4.74 Å². The summed E-state index contributed by atoms with van der Waals surface area (Å²) in [5.74, 6) is 0.903. The minimum atomic E-state index is 0.509. The van der Waals surface area contributed by atoms with Crippen LogP contribution >= 0.6 is 0 Å². The second kappa shape index (κ2) is 7.49. The van der Waals surface area contributed by atoms with E-state index < -0.39 is 0 Å². The first-order valence-electron chi connectivity index (χ1n) is 7.32. The Bertz CT molecular complexity index is 638. The zero-order chi connectivity index (χ0) is 15.1. The highest BCUT2D eigenvalue weighted by atomic mass is 16.5. The second-order valence-corrected chi connectivity index (χ2v) is 5.14. The zero-order valence-corrected chi connectivity index (χ0v) is 12.8. The second-order valence-electron chi connectivity index (χ2n) is 5.14. The molecule has 0 spiro atoms. The van der Waals surface area contributed by atoms with Crippen molar-refractivity contribution < 1.29 is 4.74 Å². The van der Waals surface area contributed by atoms with E-state index in [-0.39, 0.29) is 0 Å². The van der Waals surface area contributed by atoms with Crippen molar-refractivity contribution in [3.05, 3.63) is 83.4 Å². The van der Waals surface area contributed by atoms with Crippen LogP contribution in [0.25, 0.3) is 6.08 Å². The maximum Gasteiger partial charge on any atom is 0.120 e. The van der Waals surface area contributed by atoms with Gasteiger partial charge in [-0.25, -0.2) is 0 Å². The van der Waals surface area contributed by atoms with Crippen molar-refractivity contribution in [3.63, 3.8) is 0 Å². The van der Waals surface area contributed by atoms with Gasteiger partial charge >= 0.3 is 0 Å². The van der Waals surface area contributed by atoms with Gasteiger partial charge < -0.3 is 4.74 Å². The van der Waals surface area contributed by atoms with Gasteiger partial charge in [-0.2, -0.15) is 0 Å². The summed E-state index contributed by atoms with van der Waals surface area (Å²) in [6.45, 7) is 8.80. The van der Waals surface area contributed by atoms with Gasteiger partial charge in [0.25, 0.3) is 0 Å². The molecule has 0 amide bonds. The molecule has 0 saturated heterocycles. The normalized spacial score (nSPS) is 10.8. The molecule has 2 rings (SSSR count). The summed E-state index contributed by atoms with van der Waals surface area (Å²) in [5, 5.41) is 0. The highest BCUT2D eigenvalue weighted by Gasteiger charge is 1.97. The molecule has 2 aromatic carbocycles. The van der Waals surface area contributed by atoms with Crippen LogP contribution in [-0.4, -0.2) is 6.61 Å². The van der Waals surface area contributed by atoms with E-state index in [0.29, 0.717) is 6.61 Å². The Morgan fingerprint density at radius 3 is 2.71 bits per heavy atom. The van der Waals surface area contributed by atoms with E-state index in [0.717, 1.165) is 17.7 Å². The van der Waals surface area contributed by atoms with Crippen molar-refractivity contribution in [1.82, 2.24) is 0 Å². The van der Waals surface area contributed by atoms with Crippen LogP contribution in [0.3, 0.4) is 0 Å². The number of aryl methyl sites for hydroxylation is 2. The van der Waals surface area contributed by atoms with Crippen molar-refractivity contribution in [1.29, 1.82) is 0 Å². The summed E-state index contributed by atoms with van der Waals surface area (Å²) in [4.78, 5) is 0.